The quantitative estimate of drug-likeness (QED) is 0.834. The molecule has 0 radical (unpaired) electrons. The van der Waals surface area contributed by atoms with Gasteiger partial charge in [0.05, 0.1) is 11.3 Å². The van der Waals surface area contributed by atoms with E-state index in [2.05, 4.69) is 5.32 Å². The zero-order valence-electron chi connectivity index (χ0n) is 12.0. The SMILES string of the molecule is C[C@]1(C(=O)O)[C@@H]2C=C[C@@H](C2)[C@@H]1C(=O)NCc1ccccc1. The molecule has 0 heterocycles. The van der Waals surface area contributed by atoms with Crippen molar-refractivity contribution in [1.82, 2.24) is 5.32 Å². The number of benzene rings is 1. The molecule has 2 N–H and O–H groups in total. The molecular formula is C17H19NO3. The Kier molecular flexibility index (Phi) is 3.32. The van der Waals surface area contributed by atoms with E-state index in [-0.39, 0.29) is 17.7 Å². The average Bonchev–Trinajstić information content (AvgIpc) is 3.05. The van der Waals surface area contributed by atoms with Gasteiger partial charge in [0.15, 0.2) is 0 Å². The molecule has 0 spiro atoms. The molecule has 2 bridgehead atoms. The summed E-state index contributed by atoms with van der Waals surface area (Å²) in [6.07, 6.45) is 4.73. The van der Waals surface area contributed by atoms with E-state index in [1.807, 2.05) is 42.5 Å². The van der Waals surface area contributed by atoms with Gasteiger partial charge in [-0.2, -0.15) is 0 Å². The number of amides is 1. The highest BCUT2D eigenvalue weighted by Crippen LogP contribution is 2.56. The Bertz CT molecular complexity index is 595. The monoisotopic (exact) mass is 285 g/mol. The lowest BCUT2D eigenvalue weighted by Crippen LogP contribution is -2.47. The molecule has 4 nitrogen and oxygen atoms in total. The Hall–Kier alpha value is -2.10. The molecule has 1 aromatic rings. The minimum Gasteiger partial charge on any atom is -0.481 e. The normalized spacial score (nSPS) is 33.1. The van der Waals surface area contributed by atoms with Crippen LogP contribution in [0.5, 0.6) is 0 Å². The minimum absolute atomic E-state index is 0.0347. The first-order valence-electron chi connectivity index (χ1n) is 7.27. The number of hydrogen-bond acceptors (Lipinski definition) is 2. The van der Waals surface area contributed by atoms with Crippen molar-refractivity contribution in [3.8, 4) is 0 Å². The molecule has 2 aliphatic carbocycles. The molecule has 1 saturated carbocycles. The highest BCUT2D eigenvalue weighted by molar-refractivity contribution is 5.89. The zero-order valence-corrected chi connectivity index (χ0v) is 12.0. The van der Waals surface area contributed by atoms with E-state index >= 15 is 0 Å². The van der Waals surface area contributed by atoms with Crippen LogP contribution in [0.25, 0.3) is 0 Å². The van der Waals surface area contributed by atoms with Crippen molar-refractivity contribution < 1.29 is 14.7 Å². The molecule has 1 aromatic carbocycles. The van der Waals surface area contributed by atoms with Gasteiger partial charge in [0.2, 0.25) is 5.91 Å². The summed E-state index contributed by atoms with van der Waals surface area (Å²) in [6.45, 7) is 2.14. The van der Waals surface area contributed by atoms with E-state index in [1.165, 1.54) is 0 Å². The molecule has 1 fully saturated rings. The van der Waals surface area contributed by atoms with Gasteiger partial charge in [0.1, 0.15) is 0 Å². The zero-order chi connectivity index (χ0) is 15.0. The summed E-state index contributed by atoms with van der Waals surface area (Å²) in [7, 11) is 0. The van der Waals surface area contributed by atoms with E-state index < -0.39 is 17.3 Å². The number of hydrogen-bond donors (Lipinski definition) is 2. The number of rotatable bonds is 4. The third-order valence-corrected chi connectivity index (χ3v) is 5.01. The van der Waals surface area contributed by atoms with Crippen LogP contribution in [0.1, 0.15) is 18.9 Å². The predicted molar refractivity (Wildman–Crippen MR) is 78.3 cm³/mol. The second kappa shape index (κ2) is 5.02. The number of aliphatic carboxylic acids is 1. The Labute approximate surface area is 123 Å². The maximum absolute atomic E-state index is 12.5. The number of carboxylic acids is 1. The van der Waals surface area contributed by atoms with Gasteiger partial charge in [-0.1, -0.05) is 42.5 Å². The summed E-state index contributed by atoms with van der Waals surface area (Å²) in [6, 6.07) is 9.65. The second-order valence-corrected chi connectivity index (χ2v) is 6.16. The molecule has 21 heavy (non-hydrogen) atoms. The highest BCUT2D eigenvalue weighted by Gasteiger charge is 2.60. The third kappa shape index (κ3) is 2.15. The topological polar surface area (TPSA) is 66.4 Å². The molecule has 0 aromatic heterocycles. The largest absolute Gasteiger partial charge is 0.481 e. The lowest BCUT2D eigenvalue weighted by molar-refractivity contribution is -0.156. The van der Waals surface area contributed by atoms with E-state index in [0.29, 0.717) is 6.54 Å². The van der Waals surface area contributed by atoms with Crippen LogP contribution in [0.15, 0.2) is 42.5 Å². The fourth-order valence-electron chi connectivity index (χ4n) is 3.75. The van der Waals surface area contributed by atoms with Crippen LogP contribution >= 0.6 is 0 Å². The molecular weight excluding hydrogens is 266 g/mol. The van der Waals surface area contributed by atoms with Crippen molar-refractivity contribution in [3.05, 3.63) is 48.0 Å². The lowest BCUT2D eigenvalue weighted by atomic mass is 9.69. The molecule has 0 unspecified atom stereocenters. The summed E-state index contributed by atoms with van der Waals surface area (Å²) < 4.78 is 0. The average molecular weight is 285 g/mol. The molecule has 0 saturated heterocycles. The standard InChI is InChI=1S/C17H19NO3/c1-17(16(20)21)13-8-7-12(9-13)14(17)15(19)18-10-11-5-3-2-4-6-11/h2-8,12-14H,9-10H2,1H3,(H,18,19)(H,20,21)/t12-,13+,14+,17-/m0/s1. The number of carbonyl (C=O) groups is 2. The van der Waals surface area contributed by atoms with Crippen LogP contribution in [-0.2, 0) is 16.1 Å². The molecule has 4 atom stereocenters. The van der Waals surface area contributed by atoms with Crippen molar-refractivity contribution in [1.29, 1.82) is 0 Å². The Balaban J connectivity index is 1.75. The van der Waals surface area contributed by atoms with Gasteiger partial charge < -0.3 is 10.4 Å². The van der Waals surface area contributed by atoms with Crippen molar-refractivity contribution in [2.24, 2.45) is 23.2 Å². The van der Waals surface area contributed by atoms with E-state index in [0.717, 1.165) is 12.0 Å². The van der Waals surface area contributed by atoms with Gasteiger partial charge in [-0.05, 0) is 30.7 Å². The van der Waals surface area contributed by atoms with Gasteiger partial charge in [0.25, 0.3) is 0 Å². The first kappa shape index (κ1) is 13.9. The van der Waals surface area contributed by atoms with Gasteiger partial charge in [-0.15, -0.1) is 0 Å². The molecule has 110 valence electrons. The maximum atomic E-state index is 12.5. The molecule has 1 amide bonds. The predicted octanol–water partition coefficient (Wildman–Crippen LogP) is 2.22. The molecule has 4 heteroatoms. The minimum atomic E-state index is -0.986. The Morgan fingerprint density at radius 1 is 1.29 bits per heavy atom. The van der Waals surface area contributed by atoms with Crippen molar-refractivity contribution in [2.45, 2.75) is 19.9 Å². The molecule has 2 aliphatic rings. The van der Waals surface area contributed by atoms with Gasteiger partial charge >= 0.3 is 5.97 Å². The highest BCUT2D eigenvalue weighted by atomic mass is 16.4. The molecule has 3 rings (SSSR count). The van der Waals surface area contributed by atoms with Crippen LogP contribution < -0.4 is 5.32 Å². The maximum Gasteiger partial charge on any atom is 0.310 e. The van der Waals surface area contributed by atoms with E-state index in [9.17, 15) is 14.7 Å². The number of carbonyl (C=O) groups excluding carboxylic acids is 1. The Morgan fingerprint density at radius 3 is 2.67 bits per heavy atom. The summed E-state index contributed by atoms with van der Waals surface area (Å²) in [4.78, 5) is 24.2. The summed E-state index contributed by atoms with van der Waals surface area (Å²) >= 11 is 0. The van der Waals surface area contributed by atoms with Gasteiger partial charge in [-0.25, -0.2) is 0 Å². The lowest BCUT2D eigenvalue weighted by Gasteiger charge is -2.33. The van der Waals surface area contributed by atoms with Crippen LogP contribution in [-0.4, -0.2) is 17.0 Å². The number of carboxylic acid groups (broad SMARTS) is 1. The number of allylic oxidation sites excluding steroid dienone is 2. The van der Waals surface area contributed by atoms with E-state index in [1.54, 1.807) is 6.92 Å². The van der Waals surface area contributed by atoms with E-state index in [4.69, 9.17) is 0 Å². The summed E-state index contributed by atoms with van der Waals surface area (Å²) in [5, 5.41) is 12.5. The summed E-state index contributed by atoms with van der Waals surface area (Å²) in [5.41, 5.74) is 0.0294. The van der Waals surface area contributed by atoms with Crippen molar-refractivity contribution in [2.75, 3.05) is 0 Å². The fraction of sp³-hybridized carbons (Fsp3) is 0.412. The number of fused-ring (bicyclic) bond motifs is 2. The second-order valence-electron chi connectivity index (χ2n) is 6.16. The van der Waals surface area contributed by atoms with Crippen LogP contribution in [0.3, 0.4) is 0 Å². The van der Waals surface area contributed by atoms with Gasteiger partial charge in [-0.3, -0.25) is 9.59 Å². The van der Waals surface area contributed by atoms with Crippen LogP contribution in [0, 0.1) is 23.2 Å². The smallest absolute Gasteiger partial charge is 0.310 e. The molecule has 0 aliphatic heterocycles. The van der Waals surface area contributed by atoms with Crippen molar-refractivity contribution >= 4 is 11.9 Å². The first-order valence-corrected chi connectivity index (χ1v) is 7.27. The number of nitrogens with one attached hydrogen (secondary N) is 1. The third-order valence-electron chi connectivity index (χ3n) is 5.01. The first-order chi connectivity index (χ1) is 10.0. The Morgan fingerprint density at radius 2 is 2.00 bits per heavy atom. The van der Waals surface area contributed by atoms with Crippen LogP contribution in [0.2, 0.25) is 0 Å². The summed E-state index contributed by atoms with van der Waals surface area (Å²) in [5.74, 6) is -1.49. The fourth-order valence-corrected chi connectivity index (χ4v) is 3.75. The van der Waals surface area contributed by atoms with Gasteiger partial charge in [0, 0.05) is 6.54 Å². The van der Waals surface area contributed by atoms with Crippen LogP contribution in [0.4, 0.5) is 0 Å². The van der Waals surface area contributed by atoms with Crippen molar-refractivity contribution in [3.63, 3.8) is 0 Å².